The summed E-state index contributed by atoms with van der Waals surface area (Å²) < 4.78 is 0. The number of hydrogen-bond acceptors (Lipinski definition) is 3. The summed E-state index contributed by atoms with van der Waals surface area (Å²) in [7, 11) is 2.20. The van der Waals surface area contributed by atoms with Crippen molar-refractivity contribution in [2.24, 2.45) is 5.41 Å². The van der Waals surface area contributed by atoms with Gasteiger partial charge in [0.2, 0.25) is 0 Å². The Labute approximate surface area is 107 Å². The molecule has 1 aliphatic heterocycles. The number of hydrogen-bond donors (Lipinski definition) is 1. The molecule has 0 aromatic heterocycles. The Morgan fingerprint density at radius 3 is 2.47 bits per heavy atom. The van der Waals surface area contributed by atoms with Crippen LogP contribution in [0.5, 0.6) is 0 Å². The van der Waals surface area contributed by atoms with E-state index >= 15 is 0 Å². The van der Waals surface area contributed by atoms with Gasteiger partial charge in [0.05, 0.1) is 6.10 Å². The number of likely N-dealkylation sites (N-methyl/N-ethyl adjacent to an activating group) is 1. The third-order valence-corrected chi connectivity index (χ3v) is 3.90. The molecule has 0 amide bonds. The molecule has 0 aliphatic carbocycles. The summed E-state index contributed by atoms with van der Waals surface area (Å²) in [4.78, 5) is 4.90. The monoisotopic (exact) mass is 242 g/mol. The summed E-state index contributed by atoms with van der Waals surface area (Å²) >= 11 is 0. The van der Waals surface area contributed by atoms with E-state index in [1.165, 1.54) is 19.4 Å². The summed E-state index contributed by atoms with van der Waals surface area (Å²) in [6.07, 6.45) is 2.14. The first kappa shape index (κ1) is 14.9. The average molecular weight is 242 g/mol. The van der Waals surface area contributed by atoms with Crippen molar-refractivity contribution in [2.75, 3.05) is 33.2 Å². The van der Waals surface area contributed by atoms with Crippen LogP contribution in [-0.2, 0) is 0 Å². The van der Waals surface area contributed by atoms with Gasteiger partial charge in [-0.25, -0.2) is 0 Å². The Morgan fingerprint density at radius 2 is 1.94 bits per heavy atom. The van der Waals surface area contributed by atoms with Gasteiger partial charge in [-0.2, -0.15) is 0 Å². The van der Waals surface area contributed by atoms with Crippen LogP contribution in [0.3, 0.4) is 0 Å². The van der Waals surface area contributed by atoms with Gasteiger partial charge in [-0.05, 0) is 38.4 Å². The normalized spacial score (nSPS) is 26.8. The SMILES string of the molecule is CCC1CN(C)CCCN1CC(O)C(C)(C)C. The van der Waals surface area contributed by atoms with Crippen molar-refractivity contribution in [1.29, 1.82) is 0 Å². The van der Waals surface area contributed by atoms with Crippen LogP contribution in [0.1, 0.15) is 40.5 Å². The highest BCUT2D eigenvalue weighted by molar-refractivity contribution is 4.83. The topological polar surface area (TPSA) is 26.7 Å². The van der Waals surface area contributed by atoms with E-state index in [0.717, 1.165) is 19.6 Å². The second-order valence-electron chi connectivity index (χ2n) is 6.55. The van der Waals surface area contributed by atoms with Crippen LogP contribution in [0.25, 0.3) is 0 Å². The third kappa shape index (κ3) is 4.57. The molecule has 1 N–H and O–H groups in total. The number of aliphatic hydroxyl groups excluding tert-OH is 1. The molecule has 0 aromatic rings. The summed E-state index contributed by atoms with van der Waals surface area (Å²) in [6, 6.07) is 0.597. The molecule has 0 radical (unpaired) electrons. The van der Waals surface area contributed by atoms with E-state index < -0.39 is 0 Å². The van der Waals surface area contributed by atoms with Crippen molar-refractivity contribution < 1.29 is 5.11 Å². The minimum Gasteiger partial charge on any atom is -0.391 e. The van der Waals surface area contributed by atoms with Crippen LogP contribution < -0.4 is 0 Å². The summed E-state index contributed by atoms with van der Waals surface area (Å²) in [5.41, 5.74) is -0.0174. The molecule has 1 saturated heterocycles. The number of β-amino-alcohol motifs (C(OH)–C–C–N with tert-alkyl or cyclic N) is 1. The van der Waals surface area contributed by atoms with Crippen molar-refractivity contribution >= 4 is 0 Å². The molecule has 1 fully saturated rings. The molecule has 0 spiro atoms. The van der Waals surface area contributed by atoms with Gasteiger partial charge in [0, 0.05) is 19.1 Å². The molecule has 1 rings (SSSR count). The molecule has 0 bridgehead atoms. The van der Waals surface area contributed by atoms with E-state index in [1.54, 1.807) is 0 Å². The standard InChI is InChI=1S/C14H30N2O/c1-6-12-10-15(5)8-7-9-16(12)11-13(17)14(2,3)4/h12-13,17H,6-11H2,1-5H3. The van der Waals surface area contributed by atoms with Crippen LogP contribution in [-0.4, -0.2) is 60.3 Å². The van der Waals surface area contributed by atoms with E-state index in [1.807, 2.05) is 0 Å². The van der Waals surface area contributed by atoms with Crippen LogP contribution in [0.2, 0.25) is 0 Å². The molecule has 0 saturated carbocycles. The maximum Gasteiger partial charge on any atom is 0.0715 e. The Balaban J connectivity index is 2.60. The van der Waals surface area contributed by atoms with Crippen LogP contribution in [0, 0.1) is 5.41 Å². The zero-order chi connectivity index (χ0) is 13.1. The lowest BCUT2D eigenvalue weighted by Crippen LogP contribution is -2.46. The quantitative estimate of drug-likeness (QED) is 0.817. The average Bonchev–Trinajstić information content (AvgIpc) is 2.39. The number of rotatable bonds is 3. The molecule has 1 heterocycles. The summed E-state index contributed by atoms with van der Waals surface area (Å²) in [6.45, 7) is 12.8. The first-order valence-corrected chi connectivity index (χ1v) is 6.95. The van der Waals surface area contributed by atoms with Crippen LogP contribution in [0.15, 0.2) is 0 Å². The zero-order valence-corrected chi connectivity index (χ0v) is 12.2. The fourth-order valence-electron chi connectivity index (χ4n) is 2.42. The Kier molecular flexibility index (Phi) is 5.42. The highest BCUT2D eigenvalue weighted by Crippen LogP contribution is 2.22. The van der Waals surface area contributed by atoms with E-state index in [-0.39, 0.29) is 11.5 Å². The van der Waals surface area contributed by atoms with Gasteiger partial charge >= 0.3 is 0 Å². The molecule has 102 valence electrons. The summed E-state index contributed by atoms with van der Waals surface area (Å²) in [5, 5.41) is 10.3. The van der Waals surface area contributed by atoms with Crippen molar-refractivity contribution in [1.82, 2.24) is 9.80 Å². The second-order valence-corrected chi connectivity index (χ2v) is 6.55. The maximum atomic E-state index is 10.3. The number of aliphatic hydroxyl groups is 1. The van der Waals surface area contributed by atoms with Gasteiger partial charge in [0.15, 0.2) is 0 Å². The minimum absolute atomic E-state index is 0.0174. The van der Waals surface area contributed by atoms with Crippen molar-refractivity contribution in [3.05, 3.63) is 0 Å². The Bertz CT molecular complexity index is 225. The van der Waals surface area contributed by atoms with Gasteiger partial charge < -0.3 is 10.0 Å². The van der Waals surface area contributed by atoms with Gasteiger partial charge in [0.25, 0.3) is 0 Å². The molecule has 3 heteroatoms. The van der Waals surface area contributed by atoms with Crippen molar-refractivity contribution in [3.8, 4) is 0 Å². The molecule has 0 aromatic carbocycles. The Hall–Kier alpha value is -0.120. The first-order chi connectivity index (χ1) is 7.84. The van der Waals surface area contributed by atoms with E-state index in [9.17, 15) is 5.11 Å². The van der Waals surface area contributed by atoms with E-state index in [4.69, 9.17) is 0 Å². The maximum absolute atomic E-state index is 10.3. The fraction of sp³-hybridized carbons (Fsp3) is 1.00. The molecule has 1 aliphatic rings. The predicted molar refractivity (Wildman–Crippen MR) is 73.2 cm³/mol. The van der Waals surface area contributed by atoms with Crippen LogP contribution >= 0.6 is 0 Å². The van der Waals surface area contributed by atoms with Gasteiger partial charge in [-0.15, -0.1) is 0 Å². The smallest absolute Gasteiger partial charge is 0.0715 e. The third-order valence-electron chi connectivity index (χ3n) is 3.90. The number of nitrogens with zero attached hydrogens (tertiary/aromatic N) is 2. The fourth-order valence-corrected chi connectivity index (χ4v) is 2.42. The van der Waals surface area contributed by atoms with E-state index in [0.29, 0.717) is 6.04 Å². The van der Waals surface area contributed by atoms with Gasteiger partial charge in [-0.1, -0.05) is 27.7 Å². The first-order valence-electron chi connectivity index (χ1n) is 6.95. The molecular weight excluding hydrogens is 212 g/mol. The van der Waals surface area contributed by atoms with Crippen molar-refractivity contribution in [2.45, 2.75) is 52.7 Å². The van der Waals surface area contributed by atoms with Gasteiger partial charge in [-0.3, -0.25) is 4.90 Å². The lowest BCUT2D eigenvalue weighted by Gasteiger charge is -2.35. The van der Waals surface area contributed by atoms with Gasteiger partial charge in [0.1, 0.15) is 0 Å². The molecule has 3 nitrogen and oxygen atoms in total. The lowest BCUT2D eigenvalue weighted by atomic mass is 9.88. The molecule has 2 unspecified atom stereocenters. The molecule has 17 heavy (non-hydrogen) atoms. The lowest BCUT2D eigenvalue weighted by molar-refractivity contribution is 0.0157. The molecule has 2 atom stereocenters. The highest BCUT2D eigenvalue weighted by atomic mass is 16.3. The second kappa shape index (κ2) is 6.17. The molecular formula is C14H30N2O. The van der Waals surface area contributed by atoms with E-state index in [2.05, 4.69) is 44.5 Å². The predicted octanol–water partition coefficient (Wildman–Crippen LogP) is 1.81. The Morgan fingerprint density at radius 1 is 1.29 bits per heavy atom. The highest BCUT2D eigenvalue weighted by Gasteiger charge is 2.28. The largest absolute Gasteiger partial charge is 0.391 e. The van der Waals surface area contributed by atoms with Crippen molar-refractivity contribution in [3.63, 3.8) is 0 Å². The minimum atomic E-state index is -0.236. The zero-order valence-electron chi connectivity index (χ0n) is 12.2. The van der Waals surface area contributed by atoms with Crippen LogP contribution in [0.4, 0.5) is 0 Å². The summed E-state index contributed by atoms with van der Waals surface area (Å²) in [5.74, 6) is 0.